The third kappa shape index (κ3) is 16.3. The van der Waals surface area contributed by atoms with Gasteiger partial charge >= 0.3 is 5.97 Å². The van der Waals surface area contributed by atoms with Crippen LogP contribution in [-0.4, -0.2) is 147 Å². The van der Waals surface area contributed by atoms with E-state index in [1.54, 1.807) is 41.1 Å². The highest BCUT2D eigenvalue weighted by Crippen LogP contribution is 2.38. The number of esters is 1. The Morgan fingerprint density at radius 2 is 1.60 bits per heavy atom. The van der Waals surface area contributed by atoms with Crippen molar-refractivity contribution in [3.05, 3.63) is 47.6 Å². The monoisotopic (exact) mass is 986 g/mol. The Bertz CT molecular complexity index is 1840. The molecule has 0 aromatic carbocycles. The molecule has 1 saturated carbocycles. The molecule has 0 spiro atoms. The first-order valence-electron chi connectivity index (χ1n) is 26.0. The maximum atomic E-state index is 14.5. The summed E-state index contributed by atoms with van der Waals surface area (Å²) in [5.41, 5.74) is 1.21. The lowest BCUT2D eigenvalue weighted by Gasteiger charge is -2.42. The predicted octanol–water partition coefficient (Wildman–Crippen LogP) is 7.24. The molecule has 1 aliphatic carbocycles. The number of carbonyl (C=O) groups is 5. The number of ether oxygens (including phenoxy) is 7. The van der Waals surface area contributed by atoms with E-state index in [1.807, 2.05) is 65.0 Å². The molecule has 2 saturated heterocycles. The summed E-state index contributed by atoms with van der Waals surface area (Å²) in [6.45, 7) is 16.4. The van der Waals surface area contributed by atoms with Crippen LogP contribution < -0.4 is 0 Å². The molecule has 15 nitrogen and oxygen atoms in total. The highest BCUT2D eigenvalue weighted by molar-refractivity contribution is 6.39. The highest BCUT2D eigenvalue weighted by Gasteiger charge is 2.53. The SMILES string of the molecule is CCOCCO[C@@H]1CC[C@@H](C[C@@H](C)[C@@H]2CC(=O)C(C)=CC(C)[C@@H](O)[C@@H](OC)C(=O)[C@H](C)C[C@H](C)C=CC=CC=C(C)[C@@H](OC)CC3CC[C@@H](C)[C@@](O)(O3)C(=O)C(=O)N3CCCCC3C(=O)O2)C[C@H]1OC. The van der Waals surface area contributed by atoms with E-state index in [0.717, 1.165) is 18.4 Å². The molecule has 396 valence electrons. The first kappa shape index (κ1) is 59.2. The number of hydrogen-bond donors (Lipinski definition) is 2. The second-order valence-electron chi connectivity index (χ2n) is 20.6. The first-order chi connectivity index (χ1) is 33.3. The van der Waals surface area contributed by atoms with Gasteiger partial charge < -0.3 is 48.3 Å². The molecule has 4 aliphatic rings. The number of rotatable bonds is 11. The smallest absolute Gasteiger partial charge is 0.329 e. The average Bonchev–Trinajstić information content (AvgIpc) is 3.34. The lowest BCUT2D eigenvalue weighted by Crippen LogP contribution is -2.61. The number of nitrogens with zero attached hydrogens (tertiary/aromatic N) is 1. The maximum Gasteiger partial charge on any atom is 0.329 e. The van der Waals surface area contributed by atoms with Crippen molar-refractivity contribution in [2.75, 3.05) is 47.7 Å². The van der Waals surface area contributed by atoms with E-state index in [2.05, 4.69) is 0 Å². The number of aliphatic hydroxyl groups excluding tert-OH is 1. The van der Waals surface area contributed by atoms with Crippen molar-refractivity contribution in [1.29, 1.82) is 0 Å². The largest absolute Gasteiger partial charge is 0.460 e. The topological polar surface area (TPSA) is 194 Å². The number of amides is 1. The van der Waals surface area contributed by atoms with Crippen molar-refractivity contribution in [2.24, 2.45) is 35.5 Å². The number of allylic oxidation sites excluding steroid dienone is 6. The van der Waals surface area contributed by atoms with E-state index in [4.69, 9.17) is 33.2 Å². The first-order valence-corrected chi connectivity index (χ1v) is 26.0. The van der Waals surface area contributed by atoms with Crippen LogP contribution >= 0.6 is 0 Å². The zero-order chi connectivity index (χ0) is 51.7. The third-order valence-electron chi connectivity index (χ3n) is 15.2. The van der Waals surface area contributed by atoms with Crippen molar-refractivity contribution in [2.45, 2.75) is 187 Å². The minimum absolute atomic E-state index is 0.0222. The van der Waals surface area contributed by atoms with E-state index in [-0.39, 0.29) is 60.9 Å². The van der Waals surface area contributed by atoms with Crippen molar-refractivity contribution in [1.82, 2.24) is 4.90 Å². The number of Topliss-reactive ketones (excluding diaryl/α,β-unsaturated/α-hetero) is 3. The minimum Gasteiger partial charge on any atom is -0.460 e. The molecule has 0 aromatic rings. The van der Waals surface area contributed by atoms with Gasteiger partial charge in [0.05, 0.1) is 43.7 Å². The number of piperidine rings is 1. The van der Waals surface area contributed by atoms with Crippen LogP contribution in [0.25, 0.3) is 0 Å². The summed E-state index contributed by atoms with van der Waals surface area (Å²) < 4.78 is 41.5. The fraction of sp³-hybridized carbons (Fsp3) is 0.764. The molecule has 0 aromatic heterocycles. The lowest BCUT2D eigenvalue weighted by atomic mass is 9.78. The van der Waals surface area contributed by atoms with Gasteiger partial charge in [0, 0.05) is 65.1 Å². The zero-order valence-corrected chi connectivity index (χ0v) is 44.1. The fourth-order valence-electron chi connectivity index (χ4n) is 10.7. The number of ketones is 3. The lowest BCUT2D eigenvalue weighted by molar-refractivity contribution is -0.265. The molecule has 2 bridgehead atoms. The van der Waals surface area contributed by atoms with Crippen molar-refractivity contribution < 1.29 is 67.3 Å². The molecule has 0 radical (unpaired) electrons. The summed E-state index contributed by atoms with van der Waals surface area (Å²) in [4.78, 5) is 72.3. The average molecular weight is 986 g/mol. The van der Waals surface area contributed by atoms with Crippen LogP contribution in [-0.2, 0) is 57.1 Å². The molecule has 3 fully saturated rings. The van der Waals surface area contributed by atoms with E-state index < -0.39 is 77.8 Å². The van der Waals surface area contributed by atoms with Crippen LogP contribution in [0.3, 0.4) is 0 Å². The second-order valence-corrected chi connectivity index (χ2v) is 20.6. The molecule has 1 amide bonds. The molecular weight excluding hydrogens is 899 g/mol. The Balaban J connectivity index is 1.68. The van der Waals surface area contributed by atoms with Crippen molar-refractivity contribution in [3.63, 3.8) is 0 Å². The summed E-state index contributed by atoms with van der Waals surface area (Å²) in [6, 6.07) is -1.14. The minimum atomic E-state index is -2.43. The van der Waals surface area contributed by atoms with Crippen molar-refractivity contribution >= 4 is 29.2 Å². The molecule has 15 atom stereocenters. The van der Waals surface area contributed by atoms with Gasteiger partial charge in [-0.1, -0.05) is 71.1 Å². The van der Waals surface area contributed by atoms with Gasteiger partial charge in [-0.3, -0.25) is 19.2 Å². The van der Waals surface area contributed by atoms with Crippen LogP contribution in [0, 0.1) is 35.5 Å². The second kappa shape index (κ2) is 28.7. The molecule has 70 heavy (non-hydrogen) atoms. The number of fused-ring (bicyclic) bond motifs is 3. The summed E-state index contributed by atoms with van der Waals surface area (Å²) in [5.74, 6) is -7.81. The van der Waals surface area contributed by atoms with Gasteiger partial charge in [-0.15, -0.1) is 0 Å². The summed E-state index contributed by atoms with van der Waals surface area (Å²) >= 11 is 0. The Kier molecular flexibility index (Phi) is 24.3. The number of hydrogen-bond acceptors (Lipinski definition) is 14. The Labute approximate surface area is 418 Å². The molecule has 4 rings (SSSR count). The van der Waals surface area contributed by atoms with E-state index in [9.17, 15) is 34.2 Å². The van der Waals surface area contributed by atoms with Gasteiger partial charge in [-0.2, -0.15) is 0 Å². The number of cyclic esters (lactones) is 1. The number of methoxy groups -OCH3 is 3. The summed E-state index contributed by atoms with van der Waals surface area (Å²) in [5, 5.41) is 23.5. The maximum absolute atomic E-state index is 14.5. The molecule has 15 heteroatoms. The Morgan fingerprint density at radius 1 is 0.857 bits per heavy atom. The van der Waals surface area contributed by atoms with E-state index >= 15 is 0 Å². The van der Waals surface area contributed by atoms with Gasteiger partial charge in [0.2, 0.25) is 5.79 Å². The fourth-order valence-corrected chi connectivity index (χ4v) is 10.7. The van der Waals surface area contributed by atoms with Crippen molar-refractivity contribution in [3.8, 4) is 0 Å². The van der Waals surface area contributed by atoms with E-state index in [1.165, 1.54) is 12.0 Å². The summed E-state index contributed by atoms with van der Waals surface area (Å²) in [6.07, 6.45) is 12.5. The predicted molar refractivity (Wildman–Crippen MR) is 265 cm³/mol. The Hall–Kier alpha value is -3.41. The molecule has 2 N–H and O–H groups in total. The van der Waals surface area contributed by atoms with Gasteiger partial charge in [0.15, 0.2) is 11.6 Å². The quantitative estimate of drug-likeness (QED) is 0.120. The molecule has 3 unspecified atom stereocenters. The molecule has 3 aliphatic heterocycles. The number of aliphatic hydroxyl groups is 2. The van der Waals surface area contributed by atoms with Crippen LogP contribution in [0.2, 0.25) is 0 Å². The van der Waals surface area contributed by atoms with Gasteiger partial charge in [-0.25, -0.2) is 4.79 Å². The normalized spacial score (nSPS) is 36.0. The third-order valence-corrected chi connectivity index (χ3v) is 15.2. The molecular formula is C55H87NO14. The highest BCUT2D eigenvalue weighted by atomic mass is 16.6. The summed E-state index contributed by atoms with van der Waals surface area (Å²) in [7, 11) is 4.65. The van der Waals surface area contributed by atoms with Gasteiger partial charge in [0.25, 0.3) is 11.7 Å². The van der Waals surface area contributed by atoms with Crippen LogP contribution in [0.4, 0.5) is 0 Å². The Morgan fingerprint density at radius 3 is 2.29 bits per heavy atom. The number of carbonyl (C=O) groups excluding carboxylic acids is 5. The van der Waals surface area contributed by atoms with Gasteiger partial charge in [0.1, 0.15) is 18.2 Å². The van der Waals surface area contributed by atoms with Gasteiger partial charge in [-0.05, 0) is 114 Å². The van der Waals surface area contributed by atoms with Crippen LogP contribution in [0.5, 0.6) is 0 Å². The van der Waals surface area contributed by atoms with Crippen LogP contribution in [0.1, 0.15) is 132 Å². The zero-order valence-electron chi connectivity index (χ0n) is 44.1. The van der Waals surface area contributed by atoms with Crippen LogP contribution in [0.15, 0.2) is 47.6 Å². The van der Waals surface area contributed by atoms with E-state index in [0.29, 0.717) is 76.8 Å². The standard InChI is InChI=1S/C55H87NO14/c1-12-67-26-27-68-45-24-22-41(31-48(45)65-10)30-37(5)47-33-44(57)36(4)29-39(7)50(59)51(66-11)49(58)38(6)28-34(2)18-14-13-15-19-35(3)46(64-9)32-42-23-21-40(8)55(63,70-42)52(60)53(61)56-25-17-16-20-43(56)54(62)69-47/h13-15,18-19,29,34,37-43,45-48,50-51,59,63H,12,16-17,20-28,30-33H2,1-11H3/t34-,37-,38-,39?,40-,41+,42?,43?,45-,46+,47+,48-,50-,51+,55-/m1/s1. The molecule has 3 heterocycles.